The molecule has 0 fully saturated rings. The molecule has 7 heteroatoms. The van der Waals surface area contributed by atoms with Crippen LogP contribution in [0.4, 0.5) is 0 Å². The summed E-state index contributed by atoms with van der Waals surface area (Å²) in [6.45, 7) is 5.82. The zero-order chi connectivity index (χ0) is 24.1. The molecule has 0 spiro atoms. The quantitative estimate of drug-likeness (QED) is 0.422. The van der Waals surface area contributed by atoms with Gasteiger partial charge in [0.05, 0.1) is 4.90 Å². The van der Waals surface area contributed by atoms with Gasteiger partial charge in [-0.2, -0.15) is 4.31 Å². The molecule has 1 N–H and O–H groups in total. The summed E-state index contributed by atoms with van der Waals surface area (Å²) < 4.78 is 33.8. The Hall–Kier alpha value is -2.90. The molecule has 0 atom stereocenters. The Balaban J connectivity index is 1.70. The van der Waals surface area contributed by atoms with Crippen LogP contribution in [-0.2, 0) is 21.2 Å². The van der Waals surface area contributed by atoms with E-state index in [1.165, 1.54) is 13.8 Å². The average Bonchev–Trinajstić information content (AvgIpc) is 2.78. The monoisotopic (exact) mass is 469 g/mol. The fourth-order valence-corrected chi connectivity index (χ4v) is 5.25. The Morgan fingerprint density at radius 2 is 1.70 bits per heavy atom. The van der Waals surface area contributed by atoms with Gasteiger partial charge in [0.2, 0.25) is 10.0 Å². The summed E-state index contributed by atoms with van der Waals surface area (Å²) >= 11 is 0. The molecule has 0 unspecified atom stereocenters. The third-order valence-electron chi connectivity index (χ3n) is 5.49. The maximum Gasteiger partial charge on any atom is 0.347 e. The molecule has 3 rings (SSSR count). The van der Waals surface area contributed by atoms with Gasteiger partial charge in [-0.05, 0) is 73.7 Å². The minimum absolute atomic E-state index is 0.306. The summed E-state index contributed by atoms with van der Waals surface area (Å²) in [4.78, 5) is 11.6. The molecular formula is C26H31NO5S. The number of hydrogen-bond donors (Lipinski definition) is 1. The molecule has 0 bridgehead atoms. The minimum Gasteiger partial charge on any atom is -0.478 e. The van der Waals surface area contributed by atoms with Crippen LogP contribution in [0.5, 0.6) is 5.75 Å². The highest BCUT2D eigenvalue weighted by atomic mass is 32.2. The minimum atomic E-state index is -3.61. The van der Waals surface area contributed by atoms with E-state index in [0.717, 1.165) is 22.8 Å². The standard InChI is InChI=1S/C26H31NO5S/c1-4-16-27(33(30,31)24-15-14-21-11-5-6-12-22(21)19-24)17-8-10-20-9-7-13-23(18-20)32-26(2,3)25(28)29/h5-7,9,11-15,18-19H,4,8,10,16-17H2,1-3H3,(H,28,29). The third-order valence-corrected chi connectivity index (χ3v) is 7.39. The van der Waals surface area contributed by atoms with Gasteiger partial charge >= 0.3 is 5.97 Å². The van der Waals surface area contributed by atoms with Crippen LogP contribution in [0.2, 0.25) is 0 Å². The number of benzene rings is 3. The van der Waals surface area contributed by atoms with Crippen molar-refractivity contribution >= 4 is 26.8 Å². The number of nitrogens with zero attached hydrogens (tertiary/aromatic N) is 1. The molecule has 3 aromatic carbocycles. The molecule has 0 radical (unpaired) electrons. The summed E-state index contributed by atoms with van der Waals surface area (Å²) in [6, 6.07) is 20.3. The van der Waals surface area contributed by atoms with Crippen LogP contribution in [0, 0.1) is 0 Å². The van der Waals surface area contributed by atoms with E-state index >= 15 is 0 Å². The van der Waals surface area contributed by atoms with Crippen LogP contribution in [0.25, 0.3) is 10.8 Å². The number of rotatable bonds is 11. The first-order chi connectivity index (χ1) is 15.6. The number of fused-ring (bicyclic) bond motifs is 1. The molecule has 33 heavy (non-hydrogen) atoms. The van der Waals surface area contributed by atoms with Crippen molar-refractivity contribution in [2.75, 3.05) is 13.1 Å². The summed E-state index contributed by atoms with van der Waals surface area (Å²) in [6.07, 6.45) is 2.01. The zero-order valence-electron chi connectivity index (χ0n) is 19.3. The van der Waals surface area contributed by atoms with Gasteiger partial charge in [-0.15, -0.1) is 0 Å². The molecule has 0 saturated heterocycles. The first kappa shape index (κ1) is 24.7. The lowest BCUT2D eigenvalue weighted by molar-refractivity contribution is -0.152. The van der Waals surface area contributed by atoms with Crippen LogP contribution >= 0.6 is 0 Å². The molecule has 0 aromatic heterocycles. The molecule has 0 heterocycles. The molecule has 0 saturated carbocycles. The van der Waals surface area contributed by atoms with Gasteiger partial charge in [0.25, 0.3) is 0 Å². The van der Waals surface area contributed by atoms with Gasteiger partial charge in [-0.1, -0.05) is 49.4 Å². The molecular weight excluding hydrogens is 438 g/mol. The lowest BCUT2D eigenvalue weighted by atomic mass is 10.1. The number of hydrogen-bond acceptors (Lipinski definition) is 4. The van der Waals surface area contributed by atoms with E-state index in [-0.39, 0.29) is 0 Å². The molecule has 0 aliphatic heterocycles. The molecule has 0 amide bonds. The van der Waals surface area contributed by atoms with Crippen LogP contribution in [0.3, 0.4) is 0 Å². The van der Waals surface area contributed by atoms with Gasteiger partial charge < -0.3 is 9.84 Å². The Morgan fingerprint density at radius 1 is 0.970 bits per heavy atom. The summed E-state index contributed by atoms with van der Waals surface area (Å²) in [5.74, 6) is -0.559. The smallest absolute Gasteiger partial charge is 0.347 e. The van der Waals surface area contributed by atoms with Crippen LogP contribution in [-0.4, -0.2) is 42.5 Å². The number of carboxylic acids is 1. The Labute approximate surface area is 195 Å². The summed E-state index contributed by atoms with van der Waals surface area (Å²) in [7, 11) is -3.61. The average molecular weight is 470 g/mol. The van der Waals surface area contributed by atoms with Crippen molar-refractivity contribution in [2.24, 2.45) is 0 Å². The maximum absolute atomic E-state index is 13.3. The van der Waals surface area contributed by atoms with E-state index < -0.39 is 21.6 Å². The largest absolute Gasteiger partial charge is 0.478 e. The van der Waals surface area contributed by atoms with Crippen molar-refractivity contribution < 1.29 is 23.1 Å². The van der Waals surface area contributed by atoms with Crippen molar-refractivity contribution in [1.29, 1.82) is 0 Å². The van der Waals surface area contributed by atoms with Crippen molar-refractivity contribution in [3.63, 3.8) is 0 Å². The Kier molecular flexibility index (Phi) is 7.76. The van der Waals surface area contributed by atoms with E-state index in [4.69, 9.17) is 4.74 Å². The number of carboxylic acid groups (broad SMARTS) is 1. The number of sulfonamides is 1. The predicted octanol–water partition coefficient (Wildman–Crippen LogP) is 5.12. The van der Waals surface area contributed by atoms with E-state index in [9.17, 15) is 18.3 Å². The topological polar surface area (TPSA) is 83.9 Å². The predicted molar refractivity (Wildman–Crippen MR) is 130 cm³/mol. The van der Waals surface area contributed by atoms with Gasteiger partial charge in [-0.3, -0.25) is 0 Å². The lowest BCUT2D eigenvalue weighted by Crippen LogP contribution is -2.37. The van der Waals surface area contributed by atoms with Crippen molar-refractivity contribution in [1.82, 2.24) is 4.31 Å². The van der Waals surface area contributed by atoms with Crippen molar-refractivity contribution in [3.05, 3.63) is 72.3 Å². The molecule has 3 aromatic rings. The maximum atomic E-state index is 13.3. The highest BCUT2D eigenvalue weighted by Crippen LogP contribution is 2.24. The van der Waals surface area contributed by atoms with Gasteiger partial charge in [0.15, 0.2) is 5.60 Å². The van der Waals surface area contributed by atoms with E-state index in [1.54, 1.807) is 22.5 Å². The van der Waals surface area contributed by atoms with Gasteiger partial charge in [0, 0.05) is 13.1 Å². The number of carbonyl (C=O) groups is 1. The fraction of sp³-hybridized carbons (Fsp3) is 0.346. The zero-order valence-corrected chi connectivity index (χ0v) is 20.1. The fourth-order valence-electron chi connectivity index (χ4n) is 3.64. The van der Waals surface area contributed by atoms with Gasteiger partial charge in [-0.25, -0.2) is 13.2 Å². The normalized spacial score (nSPS) is 12.2. The van der Waals surface area contributed by atoms with E-state index in [2.05, 4.69) is 0 Å². The SMILES string of the molecule is CCCN(CCCc1cccc(OC(C)(C)C(=O)O)c1)S(=O)(=O)c1ccc2ccccc2c1. The number of aryl methyl sites for hydroxylation is 1. The molecule has 176 valence electrons. The molecule has 0 aliphatic carbocycles. The summed E-state index contributed by atoms with van der Waals surface area (Å²) in [5, 5.41) is 11.2. The molecule has 6 nitrogen and oxygen atoms in total. The first-order valence-electron chi connectivity index (χ1n) is 11.1. The van der Waals surface area contributed by atoms with Crippen molar-refractivity contribution in [3.8, 4) is 5.75 Å². The molecule has 0 aliphatic rings. The van der Waals surface area contributed by atoms with E-state index in [0.29, 0.717) is 36.6 Å². The van der Waals surface area contributed by atoms with Crippen LogP contribution in [0.15, 0.2) is 71.6 Å². The first-order valence-corrected chi connectivity index (χ1v) is 12.6. The second-order valence-electron chi connectivity index (χ2n) is 8.58. The highest BCUT2D eigenvalue weighted by molar-refractivity contribution is 7.89. The number of aliphatic carboxylic acids is 1. The summed E-state index contributed by atoms with van der Waals surface area (Å²) in [5.41, 5.74) is -0.363. The van der Waals surface area contributed by atoms with E-state index in [1.807, 2.05) is 55.5 Å². The van der Waals surface area contributed by atoms with Crippen LogP contribution in [0.1, 0.15) is 39.2 Å². The second-order valence-corrected chi connectivity index (χ2v) is 10.5. The van der Waals surface area contributed by atoms with Crippen molar-refractivity contribution in [2.45, 2.75) is 50.5 Å². The second kappa shape index (κ2) is 10.4. The Morgan fingerprint density at radius 3 is 2.39 bits per heavy atom. The lowest BCUT2D eigenvalue weighted by Gasteiger charge is -2.23. The third kappa shape index (κ3) is 6.12. The van der Waals surface area contributed by atoms with Gasteiger partial charge in [0.1, 0.15) is 5.75 Å². The van der Waals surface area contributed by atoms with Crippen LogP contribution < -0.4 is 4.74 Å². The highest BCUT2D eigenvalue weighted by Gasteiger charge is 2.29. The Bertz CT molecular complexity index is 1220. The number of ether oxygens (including phenoxy) is 1.